The molecule has 0 aliphatic heterocycles. The molecule has 0 bridgehead atoms. The fourth-order valence-corrected chi connectivity index (χ4v) is 4.22. The minimum atomic E-state index is -0.945. The largest absolute Gasteiger partial charge is 0.479 e. The number of aliphatic carboxylic acids is 1. The lowest BCUT2D eigenvalue weighted by molar-refractivity contribution is -0.149. The summed E-state index contributed by atoms with van der Waals surface area (Å²) in [5.74, 6) is -0.945. The summed E-state index contributed by atoms with van der Waals surface area (Å²) < 4.78 is 5.33. The van der Waals surface area contributed by atoms with Gasteiger partial charge in [0.2, 0.25) is 0 Å². The van der Waals surface area contributed by atoms with E-state index in [1.165, 1.54) is 24.8 Å². The lowest BCUT2D eigenvalue weighted by Crippen LogP contribution is -2.37. The zero-order valence-electron chi connectivity index (χ0n) is 23.4. The van der Waals surface area contributed by atoms with Gasteiger partial charge in [-0.1, -0.05) is 89.8 Å². The number of anilines is 1. The summed E-state index contributed by atoms with van der Waals surface area (Å²) in [5.41, 5.74) is 4.15. The van der Waals surface area contributed by atoms with Crippen molar-refractivity contribution in [1.82, 2.24) is 4.90 Å². The fraction of sp³-hybridized carbons (Fsp3) is 0.548. The number of hydrogen-bond donors (Lipinski definition) is 2. The van der Waals surface area contributed by atoms with Gasteiger partial charge in [0.15, 0.2) is 6.10 Å². The summed E-state index contributed by atoms with van der Waals surface area (Å²) in [6.07, 6.45) is 5.97. The third-order valence-electron chi connectivity index (χ3n) is 6.58. The van der Waals surface area contributed by atoms with Crippen molar-refractivity contribution in [1.29, 1.82) is 0 Å². The molecule has 0 heterocycles. The molecular weight excluding hydrogens is 464 g/mol. The molecule has 2 aromatic carbocycles. The van der Waals surface area contributed by atoms with E-state index in [2.05, 4.69) is 45.1 Å². The van der Waals surface area contributed by atoms with Crippen LogP contribution in [0.15, 0.2) is 48.5 Å². The van der Waals surface area contributed by atoms with Crippen LogP contribution in [0.25, 0.3) is 0 Å². The molecule has 0 aromatic heterocycles. The second-order valence-electron chi connectivity index (χ2n) is 10.7. The zero-order valence-corrected chi connectivity index (χ0v) is 23.4. The molecule has 2 N–H and O–H groups in total. The summed E-state index contributed by atoms with van der Waals surface area (Å²) in [7, 11) is 0. The molecule has 6 nitrogen and oxygen atoms in total. The van der Waals surface area contributed by atoms with E-state index >= 15 is 0 Å². The highest BCUT2D eigenvalue weighted by Gasteiger charge is 2.18. The Morgan fingerprint density at radius 1 is 0.892 bits per heavy atom. The molecule has 0 fully saturated rings. The van der Waals surface area contributed by atoms with Crippen molar-refractivity contribution >= 4 is 17.7 Å². The number of nitrogens with zero attached hydrogens (tertiary/aromatic N) is 1. The van der Waals surface area contributed by atoms with Crippen LogP contribution in [0.5, 0.6) is 0 Å². The third-order valence-corrected chi connectivity index (χ3v) is 6.58. The van der Waals surface area contributed by atoms with Gasteiger partial charge in [0, 0.05) is 31.8 Å². The Morgan fingerprint density at radius 2 is 1.51 bits per heavy atom. The Kier molecular flexibility index (Phi) is 12.6. The lowest BCUT2D eigenvalue weighted by atomic mass is 9.87. The van der Waals surface area contributed by atoms with Crippen LogP contribution in [-0.2, 0) is 27.8 Å². The number of carboxylic acids is 1. The maximum absolute atomic E-state index is 13.2. The number of carboxylic acid groups (broad SMARTS) is 1. The van der Waals surface area contributed by atoms with E-state index in [9.17, 15) is 14.7 Å². The first-order chi connectivity index (χ1) is 17.6. The average Bonchev–Trinajstić information content (AvgIpc) is 2.86. The number of urea groups is 1. The Morgan fingerprint density at radius 3 is 2.08 bits per heavy atom. The van der Waals surface area contributed by atoms with Crippen molar-refractivity contribution in [2.24, 2.45) is 0 Å². The van der Waals surface area contributed by atoms with Crippen LogP contribution in [-0.4, -0.2) is 47.8 Å². The highest BCUT2D eigenvalue weighted by atomic mass is 16.5. The second-order valence-corrected chi connectivity index (χ2v) is 10.7. The summed E-state index contributed by atoms with van der Waals surface area (Å²) >= 11 is 0. The van der Waals surface area contributed by atoms with Gasteiger partial charge in [0.05, 0.1) is 0 Å². The lowest BCUT2D eigenvalue weighted by Gasteiger charge is -2.24. The van der Waals surface area contributed by atoms with Crippen molar-refractivity contribution < 1.29 is 19.4 Å². The molecule has 2 aromatic rings. The average molecular weight is 511 g/mol. The van der Waals surface area contributed by atoms with E-state index in [-0.39, 0.29) is 11.4 Å². The summed E-state index contributed by atoms with van der Waals surface area (Å²) in [4.78, 5) is 26.5. The third kappa shape index (κ3) is 11.0. The van der Waals surface area contributed by atoms with Crippen LogP contribution in [0, 0.1) is 0 Å². The van der Waals surface area contributed by atoms with E-state index in [1.807, 2.05) is 41.3 Å². The van der Waals surface area contributed by atoms with Gasteiger partial charge in [0.25, 0.3) is 0 Å². The van der Waals surface area contributed by atoms with Gasteiger partial charge in [-0.25, -0.2) is 9.59 Å². The van der Waals surface area contributed by atoms with Gasteiger partial charge in [-0.15, -0.1) is 0 Å². The van der Waals surface area contributed by atoms with Gasteiger partial charge in [-0.05, 0) is 54.0 Å². The molecule has 0 radical (unpaired) electrons. The Labute approximate surface area is 223 Å². The van der Waals surface area contributed by atoms with Gasteiger partial charge >= 0.3 is 12.0 Å². The molecular formula is C31H46N2O4. The number of ether oxygens (including phenoxy) is 1. The predicted octanol–water partition coefficient (Wildman–Crippen LogP) is 7.06. The van der Waals surface area contributed by atoms with E-state index < -0.39 is 12.1 Å². The first kappa shape index (κ1) is 30.4. The number of unbranched alkanes of at least 4 members (excludes halogenated alkanes) is 4. The SMILES string of the molecule is CCCCCCCN(CCc1ccc(C[C@@H](OCC)C(=O)O)cc1)C(=O)Nc1ccc(C(C)(C)C)cc1. The number of amides is 2. The van der Waals surface area contributed by atoms with Crippen LogP contribution < -0.4 is 5.32 Å². The molecule has 0 aliphatic rings. The van der Waals surface area contributed by atoms with Crippen LogP contribution in [0.2, 0.25) is 0 Å². The number of carbonyl (C=O) groups excluding carboxylic acids is 1. The van der Waals surface area contributed by atoms with Crippen molar-refractivity contribution in [2.45, 2.75) is 91.1 Å². The maximum Gasteiger partial charge on any atom is 0.333 e. The van der Waals surface area contributed by atoms with Crippen molar-refractivity contribution in [3.63, 3.8) is 0 Å². The van der Waals surface area contributed by atoms with Crippen molar-refractivity contribution in [3.8, 4) is 0 Å². The molecule has 0 saturated carbocycles. The molecule has 0 spiro atoms. The van der Waals surface area contributed by atoms with Gasteiger partial charge < -0.3 is 20.1 Å². The van der Waals surface area contributed by atoms with E-state index in [1.54, 1.807) is 6.92 Å². The molecule has 2 rings (SSSR count). The summed E-state index contributed by atoms with van der Waals surface area (Å²) in [5, 5.41) is 12.4. The maximum atomic E-state index is 13.2. The first-order valence-corrected chi connectivity index (χ1v) is 13.7. The van der Waals surface area contributed by atoms with Crippen LogP contribution >= 0.6 is 0 Å². The van der Waals surface area contributed by atoms with Gasteiger partial charge in [0.1, 0.15) is 0 Å². The standard InChI is InChI=1S/C31H46N2O4/c1-6-8-9-10-11-21-33(30(36)32-27-18-16-26(17-19-27)31(3,4)5)22-20-24-12-14-25(15-13-24)23-28(29(34)35)37-7-2/h12-19,28H,6-11,20-23H2,1-5H3,(H,32,36)(H,34,35)/t28-/m1/s1. The summed E-state index contributed by atoms with van der Waals surface area (Å²) in [6.45, 7) is 12.2. The fourth-order valence-electron chi connectivity index (χ4n) is 4.22. The molecule has 204 valence electrons. The van der Waals surface area contributed by atoms with Crippen LogP contribution in [0.3, 0.4) is 0 Å². The molecule has 2 amide bonds. The minimum absolute atomic E-state index is 0.0696. The number of benzene rings is 2. The summed E-state index contributed by atoms with van der Waals surface area (Å²) in [6, 6.07) is 16.0. The highest BCUT2D eigenvalue weighted by molar-refractivity contribution is 5.89. The molecule has 6 heteroatoms. The number of rotatable bonds is 15. The normalized spacial score (nSPS) is 12.2. The first-order valence-electron chi connectivity index (χ1n) is 13.7. The Balaban J connectivity index is 2.00. The Bertz CT molecular complexity index is 949. The zero-order chi connectivity index (χ0) is 27.3. The smallest absolute Gasteiger partial charge is 0.333 e. The van der Waals surface area contributed by atoms with Gasteiger partial charge in [-0.3, -0.25) is 0 Å². The molecule has 0 saturated heterocycles. The van der Waals surface area contributed by atoms with Crippen LogP contribution in [0.1, 0.15) is 83.4 Å². The topological polar surface area (TPSA) is 78.9 Å². The second kappa shape index (κ2) is 15.4. The minimum Gasteiger partial charge on any atom is -0.479 e. The highest BCUT2D eigenvalue weighted by Crippen LogP contribution is 2.23. The van der Waals surface area contributed by atoms with Crippen molar-refractivity contribution in [3.05, 3.63) is 65.2 Å². The Hall–Kier alpha value is -2.86. The molecule has 0 unspecified atom stereocenters. The molecule has 0 aliphatic carbocycles. The van der Waals surface area contributed by atoms with E-state index in [0.29, 0.717) is 19.6 Å². The van der Waals surface area contributed by atoms with Crippen LogP contribution in [0.4, 0.5) is 10.5 Å². The van der Waals surface area contributed by atoms with E-state index in [0.717, 1.165) is 42.6 Å². The molecule has 1 atom stereocenters. The quantitative estimate of drug-likeness (QED) is 0.251. The van der Waals surface area contributed by atoms with Gasteiger partial charge in [-0.2, -0.15) is 0 Å². The predicted molar refractivity (Wildman–Crippen MR) is 151 cm³/mol. The molecule has 37 heavy (non-hydrogen) atoms. The monoisotopic (exact) mass is 510 g/mol. The van der Waals surface area contributed by atoms with E-state index in [4.69, 9.17) is 4.74 Å². The number of carbonyl (C=O) groups is 2. The van der Waals surface area contributed by atoms with Crippen molar-refractivity contribution in [2.75, 3.05) is 25.0 Å². The number of nitrogens with one attached hydrogen (secondary N) is 1. The number of hydrogen-bond acceptors (Lipinski definition) is 3.